The van der Waals surface area contributed by atoms with Gasteiger partial charge >= 0.3 is 0 Å². The highest BCUT2D eigenvalue weighted by Gasteiger charge is 2.12. The van der Waals surface area contributed by atoms with Crippen molar-refractivity contribution >= 4 is 15.9 Å². The Hall–Kier alpha value is -0.510. The monoisotopic (exact) mass is 249 g/mol. The van der Waals surface area contributed by atoms with E-state index >= 15 is 0 Å². The van der Waals surface area contributed by atoms with Crippen LogP contribution in [0.4, 0.5) is 8.78 Å². The van der Waals surface area contributed by atoms with Gasteiger partial charge in [0.2, 0.25) is 0 Å². The first-order chi connectivity index (χ1) is 6.00. The Morgan fingerprint density at radius 1 is 1.23 bits per heavy atom. The summed E-state index contributed by atoms with van der Waals surface area (Å²) in [6.45, 7) is 3.84. The van der Waals surface area contributed by atoms with Crippen molar-refractivity contribution in [2.45, 2.75) is 26.2 Å². The first kappa shape index (κ1) is 10.6. The van der Waals surface area contributed by atoms with Crippen LogP contribution in [0.1, 0.15) is 37.6 Å². The number of hydrogen-bond donors (Lipinski definition) is 0. The van der Waals surface area contributed by atoms with E-state index < -0.39 is 6.43 Å². The molecule has 1 aromatic heterocycles. The highest BCUT2D eigenvalue weighted by Crippen LogP contribution is 2.24. The Morgan fingerprint density at radius 2 is 1.77 bits per heavy atom. The van der Waals surface area contributed by atoms with Crippen molar-refractivity contribution in [3.63, 3.8) is 0 Å². The number of hydrogen-bond acceptors (Lipinski definition) is 1. The van der Waals surface area contributed by atoms with Crippen LogP contribution in [0.3, 0.4) is 0 Å². The quantitative estimate of drug-likeness (QED) is 0.775. The molecule has 1 nitrogen and oxygen atoms in total. The normalized spacial score (nSPS) is 11.3. The second-order valence-corrected chi connectivity index (χ2v) is 4.01. The molecule has 0 spiro atoms. The van der Waals surface area contributed by atoms with Crippen LogP contribution in [-0.4, -0.2) is 4.98 Å². The lowest BCUT2D eigenvalue weighted by Gasteiger charge is -2.07. The van der Waals surface area contributed by atoms with Crippen LogP contribution >= 0.6 is 15.9 Å². The summed E-state index contributed by atoms with van der Waals surface area (Å²) in [6.07, 6.45) is -2.50. The van der Waals surface area contributed by atoms with Crippen LogP contribution in [-0.2, 0) is 0 Å². The van der Waals surface area contributed by atoms with Crippen molar-refractivity contribution in [2.24, 2.45) is 0 Å². The number of alkyl halides is 2. The molecule has 72 valence electrons. The fourth-order valence-corrected chi connectivity index (χ4v) is 1.41. The Balaban J connectivity index is 3.11. The van der Waals surface area contributed by atoms with E-state index in [1.807, 2.05) is 13.8 Å². The summed E-state index contributed by atoms with van der Waals surface area (Å²) >= 11 is 3.18. The van der Waals surface area contributed by atoms with Crippen LogP contribution in [0, 0.1) is 0 Å². The predicted octanol–water partition coefficient (Wildman–Crippen LogP) is 3.91. The first-order valence-corrected chi connectivity index (χ1v) is 4.75. The van der Waals surface area contributed by atoms with Crippen LogP contribution < -0.4 is 0 Å². The molecule has 1 aromatic rings. The fourth-order valence-electron chi connectivity index (χ4n) is 0.945. The lowest BCUT2D eigenvalue weighted by molar-refractivity contribution is 0.145. The molecule has 0 bridgehead atoms. The molecule has 13 heavy (non-hydrogen) atoms. The first-order valence-electron chi connectivity index (χ1n) is 3.96. The average molecular weight is 250 g/mol. The van der Waals surface area contributed by atoms with Gasteiger partial charge in [-0.3, -0.25) is 4.98 Å². The summed E-state index contributed by atoms with van der Waals surface area (Å²) in [4.78, 5) is 3.85. The molecule has 4 heteroatoms. The Morgan fingerprint density at radius 3 is 2.23 bits per heavy atom. The predicted molar refractivity (Wildman–Crippen MR) is 51.0 cm³/mol. The minimum absolute atomic E-state index is 0.162. The maximum absolute atomic E-state index is 12.3. The minimum atomic E-state index is -2.50. The minimum Gasteiger partial charge on any atom is -0.252 e. The fraction of sp³-hybridized carbons (Fsp3) is 0.444. The van der Waals surface area contributed by atoms with Gasteiger partial charge in [0, 0.05) is 10.2 Å². The van der Waals surface area contributed by atoms with E-state index in [-0.39, 0.29) is 11.6 Å². The Bertz CT molecular complexity index is 273. The van der Waals surface area contributed by atoms with Crippen molar-refractivity contribution in [3.05, 3.63) is 28.0 Å². The SMILES string of the molecule is CC(C)c1cc(Br)cc(C(F)F)n1. The van der Waals surface area contributed by atoms with Crippen LogP contribution in [0.25, 0.3) is 0 Å². The van der Waals surface area contributed by atoms with Gasteiger partial charge in [-0.1, -0.05) is 29.8 Å². The lowest BCUT2D eigenvalue weighted by atomic mass is 10.1. The van der Waals surface area contributed by atoms with Gasteiger partial charge in [-0.15, -0.1) is 0 Å². The molecular formula is C9H10BrF2N. The molecule has 1 rings (SSSR count). The van der Waals surface area contributed by atoms with Crippen molar-refractivity contribution in [1.82, 2.24) is 4.98 Å². The molecular weight excluding hydrogens is 240 g/mol. The van der Waals surface area contributed by atoms with Gasteiger partial charge in [-0.05, 0) is 18.1 Å². The zero-order valence-electron chi connectivity index (χ0n) is 7.39. The highest BCUT2D eigenvalue weighted by molar-refractivity contribution is 9.10. The molecule has 0 aliphatic heterocycles. The Kier molecular flexibility index (Phi) is 3.36. The van der Waals surface area contributed by atoms with Gasteiger partial charge in [0.05, 0.1) is 0 Å². The zero-order valence-corrected chi connectivity index (χ0v) is 8.98. The maximum Gasteiger partial charge on any atom is 0.280 e. The van der Waals surface area contributed by atoms with Crippen molar-refractivity contribution in [3.8, 4) is 0 Å². The molecule has 0 unspecified atom stereocenters. The molecule has 0 saturated heterocycles. The molecule has 0 fully saturated rings. The van der Waals surface area contributed by atoms with E-state index in [0.717, 1.165) is 0 Å². The van der Waals surface area contributed by atoms with Gasteiger partial charge in [-0.25, -0.2) is 8.78 Å². The van der Waals surface area contributed by atoms with Crippen molar-refractivity contribution < 1.29 is 8.78 Å². The number of rotatable bonds is 2. The summed E-state index contributed by atoms with van der Waals surface area (Å²) in [7, 11) is 0. The topological polar surface area (TPSA) is 12.9 Å². The van der Waals surface area contributed by atoms with Gasteiger partial charge in [0.15, 0.2) is 0 Å². The molecule has 0 N–H and O–H groups in total. The van der Waals surface area contributed by atoms with Crippen molar-refractivity contribution in [2.75, 3.05) is 0 Å². The summed E-state index contributed by atoms with van der Waals surface area (Å²) in [5, 5.41) is 0. The Labute approximate surface area is 84.3 Å². The summed E-state index contributed by atoms with van der Waals surface area (Å²) in [5.74, 6) is 0.162. The molecule has 1 heterocycles. The van der Waals surface area contributed by atoms with E-state index in [1.165, 1.54) is 6.07 Å². The average Bonchev–Trinajstić information content (AvgIpc) is 2.03. The van der Waals surface area contributed by atoms with Crippen LogP contribution in [0.2, 0.25) is 0 Å². The maximum atomic E-state index is 12.3. The third-order valence-corrected chi connectivity index (χ3v) is 2.10. The molecule has 0 aliphatic rings. The summed E-state index contributed by atoms with van der Waals surface area (Å²) in [6, 6.07) is 3.10. The molecule has 0 atom stereocenters. The second kappa shape index (κ2) is 4.13. The molecule has 0 radical (unpaired) electrons. The molecule has 0 aromatic carbocycles. The molecule has 0 amide bonds. The van der Waals surface area contributed by atoms with Crippen LogP contribution in [0.15, 0.2) is 16.6 Å². The second-order valence-electron chi connectivity index (χ2n) is 3.09. The summed E-state index contributed by atoms with van der Waals surface area (Å²) < 4.78 is 25.3. The van der Waals surface area contributed by atoms with E-state index in [9.17, 15) is 8.78 Å². The smallest absolute Gasteiger partial charge is 0.252 e. The van der Waals surface area contributed by atoms with E-state index in [4.69, 9.17) is 0 Å². The lowest BCUT2D eigenvalue weighted by Crippen LogP contribution is -1.98. The van der Waals surface area contributed by atoms with Crippen LogP contribution in [0.5, 0.6) is 0 Å². The number of pyridine rings is 1. The number of nitrogens with zero attached hydrogens (tertiary/aromatic N) is 1. The zero-order chi connectivity index (χ0) is 10.0. The van der Waals surface area contributed by atoms with Gasteiger partial charge in [0.1, 0.15) is 5.69 Å². The van der Waals surface area contributed by atoms with Gasteiger partial charge in [0.25, 0.3) is 6.43 Å². The van der Waals surface area contributed by atoms with Gasteiger partial charge in [-0.2, -0.15) is 0 Å². The van der Waals surface area contributed by atoms with E-state index in [2.05, 4.69) is 20.9 Å². The molecule has 0 aliphatic carbocycles. The summed E-state index contributed by atoms with van der Waals surface area (Å²) in [5.41, 5.74) is 0.516. The largest absolute Gasteiger partial charge is 0.280 e. The standard InChI is InChI=1S/C9H10BrF2N/c1-5(2)7-3-6(10)4-8(13-7)9(11)12/h3-5,9H,1-2H3. The highest BCUT2D eigenvalue weighted by atomic mass is 79.9. The van der Waals surface area contributed by atoms with Crippen molar-refractivity contribution in [1.29, 1.82) is 0 Å². The third-order valence-electron chi connectivity index (χ3n) is 1.64. The van der Waals surface area contributed by atoms with Gasteiger partial charge < -0.3 is 0 Å². The van der Waals surface area contributed by atoms with E-state index in [1.54, 1.807) is 6.07 Å². The number of aromatic nitrogens is 1. The number of halogens is 3. The van der Waals surface area contributed by atoms with E-state index in [0.29, 0.717) is 10.2 Å². The third kappa shape index (κ3) is 2.72. The molecule has 0 saturated carbocycles.